The average Bonchev–Trinajstić information content (AvgIpc) is 3.42. The maximum Gasteiger partial charge on any atom is 0.258 e. The minimum Gasteiger partial charge on any atom is -0.496 e. The predicted octanol–water partition coefficient (Wildman–Crippen LogP) is 5.64. The molecule has 0 aliphatic carbocycles. The molecular formula is C29H30N2O5S. The highest BCUT2D eigenvalue weighted by molar-refractivity contribution is 7.09. The van der Waals surface area contributed by atoms with Gasteiger partial charge in [-0.05, 0) is 42.3 Å². The lowest BCUT2D eigenvalue weighted by Crippen LogP contribution is -2.33. The first kappa shape index (κ1) is 26.2. The van der Waals surface area contributed by atoms with E-state index in [1.807, 2.05) is 72.5 Å². The zero-order valence-corrected chi connectivity index (χ0v) is 21.9. The highest BCUT2D eigenvalue weighted by Crippen LogP contribution is 2.32. The van der Waals surface area contributed by atoms with Gasteiger partial charge in [0.05, 0.1) is 38.1 Å². The van der Waals surface area contributed by atoms with Crippen LogP contribution in [0.2, 0.25) is 0 Å². The number of hydrogen-bond donors (Lipinski definition) is 1. The van der Waals surface area contributed by atoms with Crippen LogP contribution in [-0.4, -0.2) is 35.1 Å². The van der Waals surface area contributed by atoms with Crippen LogP contribution in [0.25, 0.3) is 0 Å². The molecule has 0 aliphatic rings. The second-order valence-electron chi connectivity index (χ2n) is 8.38. The van der Waals surface area contributed by atoms with Crippen molar-refractivity contribution in [1.29, 1.82) is 0 Å². The van der Waals surface area contributed by atoms with Gasteiger partial charge in [0.2, 0.25) is 0 Å². The monoisotopic (exact) mass is 518 g/mol. The molecule has 1 amide bonds. The van der Waals surface area contributed by atoms with Crippen molar-refractivity contribution in [2.45, 2.75) is 32.7 Å². The number of hydrogen-bond acceptors (Lipinski definition) is 7. The van der Waals surface area contributed by atoms with Gasteiger partial charge in [-0.1, -0.05) is 48.5 Å². The molecule has 1 N–H and O–H groups in total. The second kappa shape index (κ2) is 12.4. The number of para-hydroxylation sites is 1. The van der Waals surface area contributed by atoms with Crippen LogP contribution >= 0.6 is 11.3 Å². The number of aromatic nitrogens is 1. The molecule has 1 aromatic heterocycles. The standard InChI is InChI=1S/C29H30N2O5S/c1-20(22-9-5-4-6-10-22)31(29(33)24-11-7-8-12-25(24)34-2)16-21-13-14-26(35-3)27(15-21)36-18-28-30-23(17-32)19-37-28/h4-15,19-20,32H,16-18H2,1-3H3. The predicted molar refractivity (Wildman–Crippen MR) is 143 cm³/mol. The maximum absolute atomic E-state index is 13.9. The number of nitrogens with zero attached hydrogens (tertiary/aromatic N) is 2. The minimum atomic E-state index is -0.197. The Morgan fingerprint density at radius 2 is 1.70 bits per heavy atom. The van der Waals surface area contributed by atoms with Gasteiger partial charge in [0, 0.05) is 11.9 Å². The van der Waals surface area contributed by atoms with Crippen molar-refractivity contribution in [3.05, 3.63) is 106 Å². The first-order valence-electron chi connectivity index (χ1n) is 11.9. The summed E-state index contributed by atoms with van der Waals surface area (Å²) in [5, 5.41) is 11.8. The van der Waals surface area contributed by atoms with Crippen molar-refractivity contribution in [2.75, 3.05) is 14.2 Å². The molecule has 0 radical (unpaired) electrons. The molecule has 192 valence electrons. The SMILES string of the molecule is COc1ccc(CN(C(=O)c2ccccc2OC)C(C)c2ccccc2)cc1OCc1nc(CO)cs1. The van der Waals surface area contributed by atoms with Crippen LogP contribution in [0.3, 0.4) is 0 Å². The average molecular weight is 519 g/mol. The molecule has 7 nitrogen and oxygen atoms in total. The van der Waals surface area contributed by atoms with E-state index in [1.54, 1.807) is 31.7 Å². The number of benzene rings is 3. The van der Waals surface area contributed by atoms with Crippen LogP contribution in [0.4, 0.5) is 0 Å². The number of aliphatic hydroxyl groups is 1. The molecule has 0 saturated heterocycles. The summed E-state index contributed by atoms with van der Waals surface area (Å²) in [4.78, 5) is 20.0. The van der Waals surface area contributed by atoms with Crippen LogP contribution < -0.4 is 14.2 Å². The first-order valence-corrected chi connectivity index (χ1v) is 12.7. The third-order valence-electron chi connectivity index (χ3n) is 6.04. The van der Waals surface area contributed by atoms with Gasteiger partial charge in [-0.3, -0.25) is 4.79 Å². The van der Waals surface area contributed by atoms with Crippen LogP contribution in [0.5, 0.6) is 17.2 Å². The lowest BCUT2D eigenvalue weighted by molar-refractivity contribution is 0.0670. The Bertz CT molecular complexity index is 1320. The van der Waals surface area contributed by atoms with E-state index in [-0.39, 0.29) is 25.2 Å². The number of carbonyl (C=O) groups is 1. The molecule has 0 fully saturated rings. The van der Waals surface area contributed by atoms with Gasteiger partial charge in [0.25, 0.3) is 5.91 Å². The van der Waals surface area contributed by atoms with Crippen molar-refractivity contribution in [2.24, 2.45) is 0 Å². The van der Waals surface area contributed by atoms with E-state index in [9.17, 15) is 9.90 Å². The van der Waals surface area contributed by atoms with E-state index in [0.717, 1.165) is 16.1 Å². The summed E-state index contributed by atoms with van der Waals surface area (Å²) in [6, 6.07) is 22.6. The molecule has 4 rings (SSSR count). The quantitative estimate of drug-likeness (QED) is 0.277. The van der Waals surface area contributed by atoms with Gasteiger partial charge < -0.3 is 24.2 Å². The Balaban J connectivity index is 1.64. The lowest BCUT2D eigenvalue weighted by atomic mass is 10.0. The van der Waals surface area contributed by atoms with Gasteiger partial charge in [0.1, 0.15) is 17.4 Å². The smallest absolute Gasteiger partial charge is 0.258 e. The van der Waals surface area contributed by atoms with Crippen molar-refractivity contribution in [1.82, 2.24) is 9.88 Å². The maximum atomic E-state index is 13.9. The third-order valence-corrected chi connectivity index (χ3v) is 6.91. The van der Waals surface area contributed by atoms with Gasteiger partial charge in [-0.25, -0.2) is 4.98 Å². The molecule has 8 heteroatoms. The fourth-order valence-electron chi connectivity index (χ4n) is 4.03. The minimum absolute atomic E-state index is 0.106. The Morgan fingerprint density at radius 1 is 0.973 bits per heavy atom. The van der Waals surface area contributed by atoms with Crippen molar-refractivity contribution < 1.29 is 24.1 Å². The topological polar surface area (TPSA) is 81.1 Å². The highest BCUT2D eigenvalue weighted by atomic mass is 32.1. The van der Waals surface area contributed by atoms with Crippen molar-refractivity contribution in [3.8, 4) is 17.2 Å². The molecule has 0 aliphatic heterocycles. The summed E-state index contributed by atoms with van der Waals surface area (Å²) >= 11 is 1.43. The largest absolute Gasteiger partial charge is 0.496 e. The number of thiazole rings is 1. The fraction of sp³-hybridized carbons (Fsp3) is 0.241. The van der Waals surface area contributed by atoms with Crippen molar-refractivity contribution in [3.63, 3.8) is 0 Å². The molecule has 0 bridgehead atoms. The Kier molecular flexibility index (Phi) is 8.77. The van der Waals surface area contributed by atoms with Gasteiger partial charge in [-0.2, -0.15) is 0 Å². The summed E-state index contributed by atoms with van der Waals surface area (Å²) in [5.41, 5.74) is 3.03. The van der Waals surface area contributed by atoms with E-state index in [4.69, 9.17) is 14.2 Å². The number of carbonyl (C=O) groups excluding carboxylic acids is 1. The Hall–Kier alpha value is -3.88. The lowest BCUT2D eigenvalue weighted by Gasteiger charge is -2.30. The van der Waals surface area contributed by atoms with Gasteiger partial charge in [0.15, 0.2) is 11.5 Å². The zero-order valence-electron chi connectivity index (χ0n) is 21.1. The summed E-state index contributed by atoms with van der Waals surface area (Å²) in [5.74, 6) is 1.54. The van der Waals surface area contributed by atoms with Crippen LogP contribution in [0.1, 0.15) is 45.2 Å². The van der Waals surface area contributed by atoms with Crippen LogP contribution in [0.15, 0.2) is 78.2 Å². The van der Waals surface area contributed by atoms with E-state index in [2.05, 4.69) is 4.98 Å². The molecular weight excluding hydrogens is 488 g/mol. The normalized spacial score (nSPS) is 11.6. The summed E-state index contributed by atoms with van der Waals surface area (Å²) in [6.07, 6.45) is 0. The van der Waals surface area contributed by atoms with Crippen LogP contribution in [0, 0.1) is 0 Å². The van der Waals surface area contributed by atoms with Gasteiger partial charge in [-0.15, -0.1) is 11.3 Å². The summed E-state index contributed by atoms with van der Waals surface area (Å²) < 4.78 is 17.0. The molecule has 4 aromatic rings. The van der Waals surface area contributed by atoms with E-state index >= 15 is 0 Å². The molecule has 1 heterocycles. The summed E-state index contributed by atoms with van der Waals surface area (Å²) in [6.45, 7) is 2.50. The number of methoxy groups -OCH3 is 2. The van der Waals surface area contributed by atoms with Gasteiger partial charge >= 0.3 is 0 Å². The molecule has 0 saturated carbocycles. The van der Waals surface area contributed by atoms with E-state index in [1.165, 1.54) is 11.3 Å². The number of amides is 1. The second-order valence-corrected chi connectivity index (χ2v) is 9.33. The molecule has 1 unspecified atom stereocenters. The molecule has 0 spiro atoms. The molecule has 3 aromatic carbocycles. The molecule has 1 atom stereocenters. The highest BCUT2D eigenvalue weighted by Gasteiger charge is 2.26. The summed E-state index contributed by atoms with van der Waals surface area (Å²) in [7, 11) is 3.15. The number of rotatable bonds is 11. The fourth-order valence-corrected chi connectivity index (χ4v) is 4.72. The third kappa shape index (κ3) is 6.28. The first-order chi connectivity index (χ1) is 18.0. The van der Waals surface area contributed by atoms with E-state index in [0.29, 0.717) is 35.1 Å². The molecule has 37 heavy (non-hydrogen) atoms. The number of ether oxygens (including phenoxy) is 3. The Labute approximate surface area is 220 Å². The van der Waals surface area contributed by atoms with Crippen molar-refractivity contribution >= 4 is 17.2 Å². The number of aliphatic hydroxyl groups excluding tert-OH is 1. The van der Waals surface area contributed by atoms with E-state index < -0.39 is 0 Å². The zero-order chi connectivity index (χ0) is 26.2. The Morgan fingerprint density at radius 3 is 2.41 bits per heavy atom. The van der Waals surface area contributed by atoms with Crippen LogP contribution in [-0.2, 0) is 19.8 Å².